The smallest absolute Gasteiger partial charge is 0.233 e. The van der Waals surface area contributed by atoms with Crippen molar-refractivity contribution >= 4 is 21.5 Å². The molecule has 2 aromatic rings. The van der Waals surface area contributed by atoms with Crippen molar-refractivity contribution in [2.24, 2.45) is 0 Å². The van der Waals surface area contributed by atoms with Gasteiger partial charge in [-0.05, 0) is 31.2 Å². The number of furan rings is 1. The van der Waals surface area contributed by atoms with Gasteiger partial charge in [0.1, 0.15) is 11.6 Å². The summed E-state index contributed by atoms with van der Waals surface area (Å²) >= 11 is 0. The van der Waals surface area contributed by atoms with Crippen LogP contribution < -0.4 is 10.0 Å². The summed E-state index contributed by atoms with van der Waals surface area (Å²) in [4.78, 5) is 4.03. The Kier molecular flexibility index (Phi) is 4.06. The van der Waals surface area contributed by atoms with E-state index in [1.165, 1.54) is 0 Å². The maximum absolute atomic E-state index is 11.4. The molecule has 0 unspecified atom stereocenters. The predicted molar refractivity (Wildman–Crippen MR) is 73.4 cm³/mol. The molecular formula is C12H15N3O3S. The molecule has 0 bridgehead atoms. The molecule has 0 saturated heterocycles. The summed E-state index contributed by atoms with van der Waals surface area (Å²) in [6.45, 7) is 2.12. The summed E-state index contributed by atoms with van der Waals surface area (Å²) in [5.41, 5.74) is 0.788. The van der Waals surface area contributed by atoms with Crippen LogP contribution in [0.3, 0.4) is 0 Å². The van der Waals surface area contributed by atoms with E-state index in [-0.39, 0.29) is 5.75 Å². The lowest BCUT2D eigenvalue weighted by Gasteiger charge is -2.07. The normalized spacial score (nSPS) is 11.2. The lowest BCUT2D eigenvalue weighted by atomic mass is 10.4. The van der Waals surface area contributed by atoms with Crippen LogP contribution in [0, 0.1) is 0 Å². The Balaban J connectivity index is 1.95. The summed E-state index contributed by atoms with van der Waals surface area (Å²) in [5.74, 6) is 1.15. The summed E-state index contributed by atoms with van der Waals surface area (Å²) in [5, 5.41) is 3.12. The zero-order valence-electron chi connectivity index (χ0n) is 10.5. The van der Waals surface area contributed by atoms with Gasteiger partial charge in [0.25, 0.3) is 0 Å². The first-order valence-corrected chi connectivity index (χ1v) is 7.47. The van der Waals surface area contributed by atoms with E-state index in [4.69, 9.17) is 4.42 Å². The third kappa shape index (κ3) is 3.99. The number of sulfonamides is 1. The largest absolute Gasteiger partial charge is 0.467 e. The molecule has 102 valence electrons. The zero-order valence-corrected chi connectivity index (χ0v) is 11.3. The van der Waals surface area contributed by atoms with Crippen LogP contribution in [0.1, 0.15) is 12.7 Å². The second kappa shape index (κ2) is 5.75. The molecule has 19 heavy (non-hydrogen) atoms. The van der Waals surface area contributed by atoms with Gasteiger partial charge in [-0.2, -0.15) is 0 Å². The number of hydrogen-bond acceptors (Lipinski definition) is 5. The zero-order chi connectivity index (χ0) is 13.7. The SMILES string of the molecule is CCS(=O)(=O)Nc1ccc(NCc2ccco2)cn1. The fraction of sp³-hybridized carbons (Fsp3) is 0.250. The molecule has 0 aliphatic carbocycles. The van der Waals surface area contributed by atoms with Crippen LogP contribution >= 0.6 is 0 Å². The number of anilines is 2. The summed E-state index contributed by atoms with van der Waals surface area (Å²) in [6.07, 6.45) is 3.17. The Hall–Kier alpha value is -2.02. The molecule has 7 heteroatoms. The fourth-order valence-corrected chi connectivity index (χ4v) is 1.98. The van der Waals surface area contributed by atoms with Crippen molar-refractivity contribution in [3.05, 3.63) is 42.5 Å². The molecule has 0 spiro atoms. The molecule has 0 radical (unpaired) electrons. The highest BCUT2D eigenvalue weighted by atomic mass is 32.2. The minimum absolute atomic E-state index is 0.0210. The standard InChI is InChI=1S/C12H15N3O3S/c1-2-19(16,17)15-12-6-5-10(8-14-12)13-9-11-4-3-7-18-11/h3-8,13H,2,9H2,1H3,(H,14,15). The summed E-state index contributed by atoms with van der Waals surface area (Å²) in [7, 11) is -3.28. The number of nitrogens with one attached hydrogen (secondary N) is 2. The lowest BCUT2D eigenvalue weighted by Crippen LogP contribution is -2.15. The molecule has 0 saturated carbocycles. The van der Waals surface area contributed by atoms with Gasteiger partial charge in [0.2, 0.25) is 10.0 Å². The van der Waals surface area contributed by atoms with Gasteiger partial charge in [-0.25, -0.2) is 13.4 Å². The highest BCUT2D eigenvalue weighted by Crippen LogP contribution is 2.12. The van der Waals surface area contributed by atoms with Crippen molar-refractivity contribution in [1.29, 1.82) is 0 Å². The van der Waals surface area contributed by atoms with Crippen LogP contribution in [0.5, 0.6) is 0 Å². The highest BCUT2D eigenvalue weighted by Gasteiger charge is 2.07. The van der Waals surface area contributed by atoms with Gasteiger partial charge in [0.15, 0.2) is 0 Å². The average Bonchev–Trinajstić information content (AvgIpc) is 2.91. The van der Waals surface area contributed by atoms with Gasteiger partial charge < -0.3 is 9.73 Å². The second-order valence-electron chi connectivity index (χ2n) is 3.87. The van der Waals surface area contributed by atoms with Crippen molar-refractivity contribution in [2.45, 2.75) is 13.5 Å². The first-order valence-electron chi connectivity index (χ1n) is 5.82. The van der Waals surface area contributed by atoms with E-state index in [1.807, 2.05) is 12.1 Å². The highest BCUT2D eigenvalue weighted by molar-refractivity contribution is 7.92. The Labute approximate surface area is 111 Å². The number of pyridine rings is 1. The molecule has 2 aromatic heterocycles. The molecule has 0 aromatic carbocycles. The fourth-order valence-electron chi connectivity index (χ4n) is 1.39. The molecule has 2 rings (SSSR count). The van der Waals surface area contributed by atoms with Crippen molar-refractivity contribution in [1.82, 2.24) is 4.98 Å². The Morgan fingerprint density at radius 3 is 2.74 bits per heavy atom. The molecule has 2 heterocycles. The van der Waals surface area contributed by atoms with Crippen molar-refractivity contribution < 1.29 is 12.8 Å². The van der Waals surface area contributed by atoms with Gasteiger partial charge in [-0.1, -0.05) is 0 Å². The van der Waals surface area contributed by atoms with Crippen molar-refractivity contribution in [3.63, 3.8) is 0 Å². The quantitative estimate of drug-likeness (QED) is 0.846. The van der Waals surface area contributed by atoms with Gasteiger partial charge in [0, 0.05) is 0 Å². The number of nitrogens with zero attached hydrogens (tertiary/aromatic N) is 1. The van der Waals surface area contributed by atoms with Gasteiger partial charge in [0.05, 0.1) is 30.4 Å². The van der Waals surface area contributed by atoms with E-state index >= 15 is 0 Å². The van der Waals surface area contributed by atoms with Crippen LogP contribution in [0.2, 0.25) is 0 Å². The summed E-state index contributed by atoms with van der Waals surface area (Å²) in [6, 6.07) is 7.04. The third-order valence-corrected chi connectivity index (χ3v) is 3.73. The molecular weight excluding hydrogens is 266 g/mol. The first kappa shape index (κ1) is 13.4. The predicted octanol–water partition coefficient (Wildman–Crippen LogP) is 2.05. The molecule has 2 N–H and O–H groups in total. The van der Waals surface area contributed by atoms with E-state index < -0.39 is 10.0 Å². The maximum atomic E-state index is 11.4. The maximum Gasteiger partial charge on any atom is 0.233 e. The third-order valence-electron chi connectivity index (χ3n) is 2.45. The van der Waals surface area contributed by atoms with Crippen LogP contribution in [0.4, 0.5) is 11.5 Å². The number of hydrogen-bond donors (Lipinski definition) is 2. The Morgan fingerprint density at radius 1 is 1.32 bits per heavy atom. The van der Waals surface area contributed by atoms with Gasteiger partial charge >= 0.3 is 0 Å². The molecule has 0 amide bonds. The van der Waals surface area contributed by atoms with E-state index in [2.05, 4.69) is 15.0 Å². The lowest BCUT2D eigenvalue weighted by molar-refractivity contribution is 0.518. The van der Waals surface area contributed by atoms with Crippen molar-refractivity contribution in [2.75, 3.05) is 15.8 Å². The molecule has 0 aliphatic heterocycles. The van der Waals surface area contributed by atoms with Crippen LogP contribution in [-0.2, 0) is 16.6 Å². The first-order chi connectivity index (χ1) is 9.09. The summed E-state index contributed by atoms with van der Waals surface area (Å²) < 4.78 is 30.3. The Morgan fingerprint density at radius 2 is 2.16 bits per heavy atom. The van der Waals surface area contributed by atoms with Gasteiger partial charge in [-0.3, -0.25) is 4.72 Å². The minimum atomic E-state index is -3.28. The molecule has 6 nitrogen and oxygen atoms in total. The Bertz CT molecular complexity index is 606. The monoisotopic (exact) mass is 281 g/mol. The van der Waals surface area contributed by atoms with Crippen LogP contribution in [0.25, 0.3) is 0 Å². The van der Waals surface area contributed by atoms with E-state index in [0.717, 1.165) is 11.4 Å². The number of aromatic nitrogens is 1. The molecule has 0 aliphatic rings. The topological polar surface area (TPSA) is 84.2 Å². The average molecular weight is 281 g/mol. The van der Waals surface area contributed by atoms with E-state index in [9.17, 15) is 8.42 Å². The second-order valence-corrected chi connectivity index (χ2v) is 5.88. The van der Waals surface area contributed by atoms with Gasteiger partial charge in [-0.15, -0.1) is 0 Å². The van der Waals surface area contributed by atoms with E-state index in [0.29, 0.717) is 12.4 Å². The number of rotatable bonds is 6. The molecule has 0 fully saturated rings. The van der Waals surface area contributed by atoms with E-state index in [1.54, 1.807) is 31.5 Å². The van der Waals surface area contributed by atoms with Crippen molar-refractivity contribution in [3.8, 4) is 0 Å². The van der Waals surface area contributed by atoms with Crippen LogP contribution in [0.15, 0.2) is 41.1 Å². The molecule has 0 atom stereocenters. The van der Waals surface area contributed by atoms with Crippen LogP contribution in [-0.4, -0.2) is 19.2 Å². The minimum Gasteiger partial charge on any atom is -0.467 e.